The highest BCUT2D eigenvalue weighted by Crippen LogP contribution is 2.29. The number of allylic oxidation sites excluding steroid dienone is 1. The number of carbonyl (C=O) groups is 1. The van der Waals surface area contributed by atoms with E-state index >= 15 is 0 Å². The molecule has 6 nitrogen and oxygen atoms in total. The molecule has 0 radical (unpaired) electrons. The maximum absolute atomic E-state index is 12.1. The van der Waals surface area contributed by atoms with E-state index in [2.05, 4.69) is 5.32 Å². The van der Waals surface area contributed by atoms with Crippen molar-refractivity contribution in [1.29, 1.82) is 0 Å². The first-order valence-electron chi connectivity index (χ1n) is 7.26. The molecule has 0 aromatic heterocycles. The molecule has 25 heavy (non-hydrogen) atoms. The van der Waals surface area contributed by atoms with E-state index in [0.717, 1.165) is 0 Å². The average Bonchev–Trinajstić information content (AvgIpc) is 2.58. The first-order valence-corrected chi connectivity index (χ1v) is 8.01. The van der Waals surface area contributed by atoms with E-state index in [1.165, 1.54) is 36.5 Å². The SMILES string of the molecule is CCOc1ccc(NC=CC(=O)c2ccc(Cl)c(Cl)c2)c([N+](=O)[O-])c1. The van der Waals surface area contributed by atoms with Gasteiger partial charge in [0.15, 0.2) is 5.78 Å². The number of benzene rings is 2. The summed E-state index contributed by atoms with van der Waals surface area (Å²) >= 11 is 11.7. The molecule has 130 valence electrons. The lowest BCUT2D eigenvalue weighted by Gasteiger charge is -2.06. The van der Waals surface area contributed by atoms with E-state index < -0.39 is 4.92 Å². The Bertz CT molecular complexity index is 837. The van der Waals surface area contributed by atoms with Crippen LogP contribution in [0.25, 0.3) is 0 Å². The van der Waals surface area contributed by atoms with Crippen LogP contribution in [0.4, 0.5) is 11.4 Å². The van der Waals surface area contributed by atoms with Gasteiger partial charge in [0.25, 0.3) is 5.69 Å². The van der Waals surface area contributed by atoms with Gasteiger partial charge in [-0.2, -0.15) is 0 Å². The summed E-state index contributed by atoms with van der Waals surface area (Å²) in [6, 6.07) is 8.96. The fraction of sp³-hybridized carbons (Fsp3) is 0.118. The zero-order valence-corrected chi connectivity index (χ0v) is 14.7. The maximum atomic E-state index is 12.1. The molecule has 0 atom stereocenters. The van der Waals surface area contributed by atoms with E-state index in [4.69, 9.17) is 27.9 Å². The molecule has 0 unspecified atom stereocenters. The minimum absolute atomic E-state index is 0.155. The van der Waals surface area contributed by atoms with Crippen LogP contribution in [0.5, 0.6) is 5.75 Å². The molecule has 1 N–H and O–H groups in total. The summed E-state index contributed by atoms with van der Waals surface area (Å²) in [5, 5.41) is 14.5. The topological polar surface area (TPSA) is 81.5 Å². The molecule has 0 aliphatic carbocycles. The second kappa shape index (κ2) is 8.50. The second-order valence-corrected chi connectivity index (χ2v) is 5.65. The number of nitro groups is 1. The first kappa shape index (κ1) is 18.8. The van der Waals surface area contributed by atoms with Crippen LogP contribution in [0.2, 0.25) is 10.0 Å². The fourth-order valence-corrected chi connectivity index (χ4v) is 2.29. The van der Waals surface area contributed by atoms with Crippen molar-refractivity contribution in [3.05, 3.63) is 74.4 Å². The molecule has 8 heteroatoms. The van der Waals surface area contributed by atoms with Gasteiger partial charge in [-0.25, -0.2) is 0 Å². The van der Waals surface area contributed by atoms with Crippen molar-refractivity contribution < 1.29 is 14.5 Å². The third kappa shape index (κ3) is 4.95. The van der Waals surface area contributed by atoms with Gasteiger partial charge in [-0.3, -0.25) is 14.9 Å². The van der Waals surface area contributed by atoms with E-state index in [1.807, 2.05) is 0 Å². The van der Waals surface area contributed by atoms with Crippen LogP contribution in [0, 0.1) is 10.1 Å². The third-order valence-corrected chi connectivity index (χ3v) is 3.89. The number of anilines is 1. The van der Waals surface area contributed by atoms with Gasteiger partial charge >= 0.3 is 0 Å². The highest BCUT2D eigenvalue weighted by molar-refractivity contribution is 6.42. The number of hydrogen-bond acceptors (Lipinski definition) is 5. The van der Waals surface area contributed by atoms with E-state index in [9.17, 15) is 14.9 Å². The van der Waals surface area contributed by atoms with Crippen molar-refractivity contribution in [3.63, 3.8) is 0 Å². The molecule has 0 heterocycles. The number of rotatable bonds is 7. The fourth-order valence-electron chi connectivity index (χ4n) is 1.99. The second-order valence-electron chi connectivity index (χ2n) is 4.84. The molecule has 0 spiro atoms. The Labute approximate surface area is 154 Å². The van der Waals surface area contributed by atoms with E-state index in [0.29, 0.717) is 22.9 Å². The standard InChI is InChI=1S/C17H14Cl2N2O4/c1-2-25-12-4-6-15(16(10-12)21(23)24)20-8-7-17(22)11-3-5-13(18)14(19)9-11/h3-10,20H,2H2,1H3. The number of halogens is 2. The van der Waals surface area contributed by atoms with Crippen LogP contribution < -0.4 is 10.1 Å². The van der Waals surface area contributed by atoms with Gasteiger partial charge in [0.05, 0.1) is 27.6 Å². The predicted molar refractivity (Wildman–Crippen MR) is 97.8 cm³/mol. The molecule has 0 fully saturated rings. The number of carbonyl (C=O) groups excluding carboxylic acids is 1. The Hall–Kier alpha value is -2.57. The zero-order chi connectivity index (χ0) is 18.4. The van der Waals surface area contributed by atoms with Gasteiger partial charge in [-0.15, -0.1) is 0 Å². The van der Waals surface area contributed by atoms with E-state index in [1.54, 1.807) is 19.1 Å². The van der Waals surface area contributed by atoms with Crippen LogP contribution in [0.3, 0.4) is 0 Å². The van der Waals surface area contributed by atoms with Gasteiger partial charge < -0.3 is 10.1 Å². The largest absolute Gasteiger partial charge is 0.494 e. The molecule has 2 aromatic carbocycles. The quantitative estimate of drug-likeness (QED) is 0.312. The molecule has 0 aliphatic rings. The highest BCUT2D eigenvalue weighted by atomic mass is 35.5. The first-order chi connectivity index (χ1) is 11.9. The normalized spacial score (nSPS) is 10.7. The molecule has 0 amide bonds. The molecule has 2 rings (SSSR count). The molecule has 0 saturated heterocycles. The predicted octanol–water partition coefficient (Wildman–Crippen LogP) is 5.11. The Kier molecular flexibility index (Phi) is 6.38. The summed E-state index contributed by atoms with van der Waals surface area (Å²) in [6.07, 6.45) is 2.58. The van der Waals surface area contributed by atoms with Crippen molar-refractivity contribution in [2.24, 2.45) is 0 Å². The highest BCUT2D eigenvalue weighted by Gasteiger charge is 2.14. The van der Waals surface area contributed by atoms with Gasteiger partial charge in [-0.05, 0) is 37.3 Å². The van der Waals surface area contributed by atoms with Crippen LogP contribution in [-0.4, -0.2) is 17.3 Å². The Balaban J connectivity index is 2.14. The summed E-state index contributed by atoms with van der Waals surface area (Å²) in [7, 11) is 0. The zero-order valence-electron chi connectivity index (χ0n) is 13.2. The number of nitro benzene ring substituents is 1. The molecule has 2 aromatic rings. The monoisotopic (exact) mass is 380 g/mol. The van der Waals surface area contributed by atoms with Gasteiger partial charge in [0.1, 0.15) is 11.4 Å². The summed E-state index contributed by atoms with van der Waals surface area (Å²) in [4.78, 5) is 22.7. The molecule has 0 aliphatic heterocycles. The Morgan fingerprint density at radius 2 is 2.00 bits per heavy atom. The Morgan fingerprint density at radius 3 is 2.64 bits per heavy atom. The Morgan fingerprint density at radius 1 is 1.24 bits per heavy atom. The van der Waals surface area contributed by atoms with Gasteiger partial charge in [0, 0.05) is 17.8 Å². The molecular weight excluding hydrogens is 367 g/mol. The number of nitrogens with zero attached hydrogens (tertiary/aromatic N) is 1. The molecule has 0 saturated carbocycles. The van der Waals surface area contributed by atoms with Crippen molar-refractivity contribution in [3.8, 4) is 5.75 Å². The van der Waals surface area contributed by atoms with Gasteiger partial charge in [-0.1, -0.05) is 23.2 Å². The van der Waals surface area contributed by atoms with Crippen molar-refractivity contribution in [1.82, 2.24) is 0 Å². The van der Waals surface area contributed by atoms with Crippen molar-refractivity contribution >= 4 is 40.4 Å². The lowest BCUT2D eigenvalue weighted by atomic mass is 10.1. The minimum Gasteiger partial charge on any atom is -0.494 e. The summed E-state index contributed by atoms with van der Waals surface area (Å²) in [5.74, 6) is 0.0790. The van der Waals surface area contributed by atoms with Gasteiger partial charge in [0.2, 0.25) is 0 Å². The number of ketones is 1. The lowest BCUT2D eigenvalue weighted by molar-refractivity contribution is -0.384. The molecular formula is C17H14Cl2N2O4. The maximum Gasteiger partial charge on any atom is 0.296 e. The number of nitrogens with one attached hydrogen (secondary N) is 1. The summed E-state index contributed by atoms with van der Waals surface area (Å²) < 4.78 is 5.25. The van der Waals surface area contributed by atoms with Crippen LogP contribution in [0.1, 0.15) is 17.3 Å². The smallest absolute Gasteiger partial charge is 0.296 e. The average molecular weight is 381 g/mol. The number of hydrogen-bond donors (Lipinski definition) is 1. The van der Waals surface area contributed by atoms with Crippen LogP contribution in [-0.2, 0) is 0 Å². The minimum atomic E-state index is -0.528. The lowest BCUT2D eigenvalue weighted by Crippen LogP contribution is -2.00. The van der Waals surface area contributed by atoms with E-state index in [-0.39, 0.29) is 22.2 Å². The van der Waals surface area contributed by atoms with Crippen LogP contribution >= 0.6 is 23.2 Å². The molecule has 0 bridgehead atoms. The summed E-state index contributed by atoms with van der Waals surface area (Å²) in [6.45, 7) is 2.19. The van der Waals surface area contributed by atoms with Crippen molar-refractivity contribution in [2.75, 3.05) is 11.9 Å². The third-order valence-electron chi connectivity index (χ3n) is 3.15. The van der Waals surface area contributed by atoms with Crippen molar-refractivity contribution in [2.45, 2.75) is 6.92 Å². The number of ether oxygens (including phenoxy) is 1. The van der Waals surface area contributed by atoms with Crippen LogP contribution in [0.15, 0.2) is 48.7 Å². The summed E-state index contributed by atoms with van der Waals surface area (Å²) in [5.41, 5.74) is 0.442.